The van der Waals surface area contributed by atoms with E-state index >= 15 is 0 Å². The van der Waals surface area contributed by atoms with E-state index in [1.54, 1.807) is 6.08 Å². The first kappa shape index (κ1) is 14.5. The molecule has 0 saturated heterocycles. The van der Waals surface area contributed by atoms with Gasteiger partial charge >= 0.3 is 5.97 Å². The number of carboxylic acid groups (broad SMARTS) is 1. The summed E-state index contributed by atoms with van der Waals surface area (Å²) in [7, 11) is 0. The normalized spacial score (nSPS) is 12.0. The molecule has 2 aromatic rings. The van der Waals surface area contributed by atoms with Crippen molar-refractivity contribution in [2.75, 3.05) is 0 Å². The number of hydrogen-bond acceptors (Lipinski definition) is 2. The van der Waals surface area contributed by atoms with E-state index in [1.165, 1.54) is 0 Å². The number of carboxylic acids is 1. The molecule has 0 heterocycles. The zero-order valence-corrected chi connectivity index (χ0v) is 11.7. The molecule has 2 aromatic carbocycles. The maximum atomic E-state index is 10.6. The van der Waals surface area contributed by atoms with E-state index in [0.29, 0.717) is 0 Å². The van der Waals surface area contributed by atoms with Crippen LogP contribution in [0.15, 0.2) is 54.6 Å². The second-order valence-corrected chi connectivity index (χ2v) is 4.74. The maximum Gasteiger partial charge on any atom is 0.328 e. The summed E-state index contributed by atoms with van der Waals surface area (Å²) in [6, 6.07) is 17.6. The topological polar surface area (TPSA) is 61.1 Å². The minimum atomic E-state index is -0.973. The van der Waals surface area contributed by atoms with Gasteiger partial charge in [-0.1, -0.05) is 42.5 Å². The fourth-order valence-corrected chi connectivity index (χ4v) is 2.18. The van der Waals surface area contributed by atoms with Crippen molar-refractivity contribution in [1.82, 2.24) is 0 Å². The largest absolute Gasteiger partial charge is 0.478 e. The second kappa shape index (κ2) is 6.53. The maximum absolute atomic E-state index is 10.6. The number of carbonyl (C=O) groups is 1. The monoisotopic (exact) mass is 277 g/mol. The van der Waals surface area contributed by atoms with E-state index in [-0.39, 0.29) is 5.92 Å². The molecule has 0 aromatic heterocycles. The van der Waals surface area contributed by atoms with Gasteiger partial charge in [0.15, 0.2) is 0 Å². The lowest BCUT2D eigenvalue weighted by Crippen LogP contribution is -1.94. The van der Waals surface area contributed by atoms with Gasteiger partial charge in [-0.2, -0.15) is 5.26 Å². The zero-order chi connectivity index (χ0) is 15.2. The molecule has 0 bridgehead atoms. The summed E-state index contributed by atoms with van der Waals surface area (Å²) in [6.45, 7) is 1.87. The molecule has 0 aliphatic carbocycles. The van der Waals surface area contributed by atoms with Crippen LogP contribution in [0.4, 0.5) is 0 Å². The van der Waals surface area contributed by atoms with Gasteiger partial charge in [0.25, 0.3) is 0 Å². The third kappa shape index (κ3) is 3.58. The van der Waals surface area contributed by atoms with Crippen LogP contribution < -0.4 is 0 Å². The number of benzene rings is 2. The van der Waals surface area contributed by atoms with Crippen molar-refractivity contribution in [1.29, 1.82) is 5.26 Å². The molecule has 1 unspecified atom stereocenters. The summed E-state index contributed by atoms with van der Waals surface area (Å²) in [5.41, 5.74) is 3.76. The highest BCUT2D eigenvalue weighted by atomic mass is 16.4. The molecule has 21 heavy (non-hydrogen) atoms. The third-order valence-corrected chi connectivity index (χ3v) is 3.24. The van der Waals surface area contributed by atoms with Crippen molar-refractivity contribution in [3.63, 3.8) is 0 Å². The van der Waals surface area contributed by atoms with Crippen LogP contribution in [-0.2, 0) is 4.79 Å². The van der Waals surface area contributed by atoms with Crippen LogP contribution in [0.2, 0.25) is 0 Å². The standard InChI is InChI=1S/C18H15NO2/c1-13(12-19)16-7-2-3-8-17(16)15-6-4-5-14(11-15)9-10-18(20)21/h2-11,13H,1H3,(H,20,21). The van der Waals surface area contributed by atoms with Gasteiger partial charge in [-0.15, -0.1) is 0 Å². The van der Waals surface area contributed by atoms with Crippen molar-refractivity contribution in [3.8, 4) is 17.2 Å². The number of aliphatic carboxylic acids is 1. The summed E-state index contributed by atoms with van der Waals surface area (Å²) < 4.78 is 0. The predicted octanol–water partition coefficient (Wildman–Crippen LogP) is 4.08. The van der Waals surface area contributed by atoms with Crippen LogP contribution in [0.1, 0.15) is 24.0 Å². The lowest BCUT2D eigenvalue weighted by molar-refractivity contribution is -0.131. The summed E-state index contributed by atoms with van der Waals surface area (Å²) in [5, 5.41) is 17.8. The summed E-state index contributed by atoms with van der Waals surface area (Å²) >= 11 is 0. The molecule has 0 aliphatic rings. The zero-order valence-electron chi connectivity index (χ0n) is 11.7. The Morgan fingerprint density at radius 1 is 1.24 bits per heavy atom. The number of nitrogens with zero attached hydrogens (tertiary/aromatic N) is 1. The van der Waals surface area contributed by atoms with Crippen molar-refractivity contribution >= 4 is 12.0 Å². The quantitative estimate of drug-likeness (QED) is 0.856. The molecule has 3 nitrogen and oxygen atoms in total. The van der Waals surface area contributed by atoms with Gasteiger partial charge in [0.2, 0.25) is 0 Å². The Labute approximate surface area is 123 Å². The van der Waals surface area contributed by atoms with E-state index in [4.69, 9.17) is 10.4 Å². The van der Waals surface area contributed by atoms with E-state index in [0.717, 1.165) is 28.3 Å². The van der Waals surface area contributed by atoms with Crippen LogP contribution in [-0.4, -0.2) is 11.1 Å². The highest BCUT2D eigenvalue weighted by molar-refractivity contribution is 5.85. The minimum absolute atomic E-state index is 0.195. The molecular weight excluding hydrogens is 262 g/mol. The molecular formula is C18H15NO2. The Balaban J connectivity index is 2.46. The first-order chi connectivity index (χ1) is 10.1. The van der Waals surface area contributed by atoms with Crippen molar-refractivity contribution in [2.45, 2.75) is 12.8 Å². The van der Waals surface area contributed by atoms with Gasteiger partial charge in [0, 0.05) is 6.08 Å². The second-order valence-electron chi connectivity index (χ2n) is 4.74. The molecule has 0 fully saturated rings. The molecule has 0 saturated carbocycles. The fraction of sp³-hybridized carbons (Fsp3) is 0.111. The van der Waals surface area contributed by atoms with Crippen LogP contribution >= 0.6 is 0 Å². The van der Waals surface area contributed by atoms with Gasteiger partial charge in [0.1, 0.15) is 0 Å². The highest BCUT2D eigenvalue weighted by Crippen LogP contribution is 2.29. The number of rotatable bonds is 4. The number of hydrogen-bond donors (Lipinski definition) is 1. The molecule has 3 heteroatoms. The van der Waals surface area contributed by atoms with Crippen LogP contribution in [0.3, 0.4) is 0 Å². The van der Waals surface area contributed by atoms with E-state index < -0.39 is 5.97 Å². The molecule has 0 aliphatic heterocycles. The smallest absolute Gasteiger partial charge is 0.328 e. The Bertz CT molecular complexity index is 726. The average molecular weight is 277 g/mol. The fourth-order valence-electron chi connectivity index (χ4n) is 2.18. The van der Waals surface area contributed by atoms with E-state index in [9.17, 15) is 4.79 Å². The predicted molar refractivity (Wildman–Crippen MR) is 82.6 cm³/mol. The summed E-state index contributed by atoms with van der Waals surface area (Å²) in [5.74, 6) is -1.17. The molecule has 1 N–H and O–H groups in total. The van der Waals surface area contributed by atoms with Crippen molar-refractivity contribution in [3.05, 3.63) is 65.7 Å². The molecule has 104 valence electrons. The van der Waals surface area contributed by atoms with Gasteiger partial charge in [-0.25, -0.2) is 4.79 Å². The molecule has 0 spiro atoms. The minimum Gasteiger partial charge on any atom is -0.478 e. The Morgan fingerprint density at radius 2 is 2.00 bits per heavy atom. The van der Waals surface area contributed by atoms with Gasteiger partial charge in [-0.3, -0.25) is 0 Å². The first-order valence-corrected chi connectivity index (χ1v) is 6.62. The first-order valence-electron chi connectivity index (χ1n) is 6.62. The molecule has 0 amide bonds. The van der Waals surface area contributed by atoms with Crippen LogP contribution in [0, 0.1) is 11.3 Å². The van der Waals surface area contributed by atoms with Crippen molar-refractivity contribution in [2.24, 2.45) is 0 Å². The number of nitriles is 1. The van der Waals surface area contributed by atoms with Gasteiger partial charge < -0.3 is 5.11 Å². The third-order valence-electron chi connectivity index (χ3n) is 3.24. The van der Waals surface area contributed by atoms with Gasteiger partial charge in [-0.05, 0) is 41.3 Å². The van der Waals surface area contributed by atoms with E-state index in [1.807, 2.05) is 55.5 Å². The Kier molecular flexibility index (Phi) is 4.53. The molecule has 0 radical (unpaired) electrons. The van der Waals surface area contributed by atoms with Crippen molar-refractivity contribution < 1.29 is 9.90 Å². The Morgan fingerprint density at radius 3 is 2.71 bits per heavy atom. The lowest BCUT2D eigenvalue weighted by atomic mass is 9.92. The SMILES string of the molecule is CC(C#N)c1ccccc1-c1cccc(C=CC(=O)O)c1. The average Bonchev–Trinajstić information content (AvgIpc) is 2.52. The van der Waals surface area contributed by atoms with Crippen LogP contribution in [0.25, 0.3) is 17.2 Å². The van der Waals surface area contributed by atoms with E-state index in [2.05, 4.69) is 6.07 Å². The molecule has 1 atom stereocenters. The van der Waals surface area contributed by atoms with Crippen LogP contribution in [0.5, 0.6) is 0 Å². The Hall–Kier alpha value is -2.86. The summed E-state index contributed by atoms with van der Waals surface area (Å²) in [4.78, 5) is 10.6. The lowest BCUT2D eigenvalue weighted by Gasteiger charge is -2.11. The summed E-state index contributed by atoms with van der Waals surface area (Å²) in [6.07, 6.45) is 2.67. The van der Waals surface area contributed by atoms with Gasteiger partial charge in [0.05, 0.1) is 12.0 Å². The highest BCUT2D eigenvalue weighted by Gasteiger charge is 2.10. The molecule has 2 rings (SSSR count).